The molecule has 3 aromatic carbocycles. The number of benzene rings is 3. The fourth-order valence-electron chi connectivity index (χ4n) is 5.82. The second-order valence-corrected chi connectivity index (χ2v) is 10.2. The topological polar surface area (TPSA) is 102 Å². The Balaban J connectivity index is 1.38. The van der Waals surface area contributed by atoms with Crippen LogP contribution in [0.5, 0.6) is 0 Å². The van der Waals surface area contributed by atoms with Gasteiger partial charge < -0.3 is 15.0 Å². The molecule has 5 aromatic rings. The summed E-state index contributed by atoms with van der Waals surface area (Å²) in [5, 5.41) is 21.6. The van der Waals surface area contributed by atoms with E-state index in [2.05, 4.69) is 57.3 Å². The van der Waals surface area contributed by atoms with E-state index in [0.29, 0.717) is 24.9 Å². The number of amides is 1. The van der Waals surface area contributed by atoms with Gasteiger partial charge >= 0.3 is 5.97 Å². The first-order valence-electron chi connectivity index (χ1n) is 13.1. The lowest BCUT2D eigenvalue weighted by Crippen LogP contribution is -2.51. The number of fused-ring (bicyclic) bond motifs is 3. The van der Waals surface area contributed by atoms with E-state index in [4.69, 9.17) is 0 Å². The quantitative estimate of drug-likeness (QED) is 0.321. The van der Waals surface area contributed by atoms with Gasteiger partial charge in [-0.3, -0.25) is 14.2 Å². The molecular formula is C31H29N5O3. The molecule has 3 heterocycles. The van der Waals surface area contributed by atoms with Crippen molar-refractivity contribution in [1.82, 2.24) is 24.6 Å². The first-order valence-corrected chi connectivity index (χ1v) is 13.1. The lowest BCUT2D eigenvalue weighted by Gasteiger charge is -2.40. The molecule has 0 radical (unpaired) electrons. The van der Waals surface area contributed by atoms with Crippen LogP contribution >= 0.6 is 0 Å². The molecule has 0 bridgehead atoms. The summed E-state index contributed by atoms with van der Waals surface area (Å²) in [7, 11) is 0. The number of aryl methyl sites for hydroxylation is 2. The molecule has 1 amide bonds. The van der Waals surface area contributed by atoms with Crippen LogP contribution in [0, 0.1) is 6.92 Å². The molecule has 2 N–H and O–H groups in total. The molecule has 1 aliphatic heterocycles. The van der Waals surface area contributed by atoms with Crippen molar-refractivity contribution in [1.29, 1.82) is 0 Å². The van der Waals surface area contributed by atoms with Crippen LogP contribution in [0.15, 0.2) is 85.5 Å². The monoisotopic (exact) mass is 519 g/mol. The molecule has 196 valence electrons. The predicted octanol–water partition coefficient (Wildman–Crippen LogP) is 4.82. The summed E-state index contributed by atoms with van der Waals surface area (Å²) >= 11 is 0. The van der Waals surface area contributed by atoms with Gasteiger partial charge in [0.15, 0.2) is 0 Å². The largest absolute Gasteiger partial charge is 0.481 e. The average Bonchev–Trinajstić information content (AvgIpc) is 3.59. The van der Waals surface area contributed by atoms with E-state index in [1.807, 2.05) is 42.5 Å². The highest BCUT2D eigenvalue weighted by Gasteiger charge is 2.39. The Bertz CT molecular complexity index is 1660. The van der Waals surface area contributed by atoms with Crippen molar-refractivity contribution in [3.05, 3.63) is 113 Å². The summed E-state index contributed by atoms with van der Waals surface area (Å²) in [6, 6.07) is 23.9. The first-order chi connectivity index (χ1) is 18.9. The van der Waals surface area contributed by atoms with E-state index in [0.717, 1.165) is 45.4 Å². The zero-order valence-corrected chi connectivity index (χ0v) is 21.7. The Labute approximate surface area is 225 Å². The standard InChI is InChI=1S/C31H29N5O3/c1-21-7-13-27-26(17-21)25(12-14-29(37)38)28-15-16-31(18-36(27)28,23-5-3-2-4-6-23)34-30(39)22-8-10-24(11-9-22)35-19-32-33-20-35/h2-11,13,17,19-20H,12,14-16,18H2,1H3,(H,34,39)(H,37,38)/t31-/m1/s1. The van der Waals surface area contributed by atoms with Crippen LogP contribution in [0.3, 0.4) is 0 Å². The van der Waals surface area contributed by atoms with Gasteiger partial charge in [-0.15, -0.1) is 10.2 Å². The fraction of sp³-hybridized carbons (Fsp3) is 0.226. The lowest BCUT2D eigenvalue weighted by atomic mass is 9.81. The predicted molar refractivity (Wildman–Crippen MR) is 148 cm³/mol. The maximum atomic E-state index is 13.7. The summed E-state index contributed by atoms with van der Waals surface area (Å²) in [4.78, 5) is 25.1. The summed E-state index contributed by atoms with van der Waals surface area (Å²) < 4.78 is 4.08. The van der Waals surface area contributed by atoms with Gasteiger partial charge in [0.05, 0.1) is 12.1 Å². The van der Waals surface area contributed by atoms with Gasteiger partial charge in [-0.25, -0.2) is 0 Å². The second-order valence-electron chi connectivity index (χ2n) is 10.2. The zero-order valence-electron chi connectivity index (χ0n) is 21.7. The molecule has 39 heavy (non-hydrogen) atoms. The van der Waals surface area contributed by atoms with Gasteiger partial charge in [-0.05, 0) is 73.7 Å². The summed E-state index contributed by atoms with van der Waals surface area (Å²) in [6.07, 6.45) is 5.24. The molecule has 1 atom stereocenters. The molecule has 0 fully saturated rings. The first kappa shape index (κ1) is 24.6. The van der Waals surface area contributed by atoms with Gasteiger partial charge in [0.2, 0.25) is 0 Å². The number of carboxylic acids is 1. The average molecular weight is 520 g/mol. The number of hydrogen-bond acceptors (Lipinski definition) is 4. The number of nitrogens with one attached hydrogen (secondary N) is 1. The molecule has 0 unspecified atom stereocenters. The number of nitrogens with zero attached hydrogens (tertiary/aromatic N) is 4. The van der Waals surface area contributed by atoms with Gasteiger partial charge in [0.25, 0.3) is 5.91 Å². The van der Waals surface area contributed by atoms with Gasteiger partial charge in [-0.2, -0.15) is 0 Å². The molecule has 8 heteroatoms. The molecule has 0 spiro atoms. The number of carbonyl (C=O) groups excluding carboxylic acids is 1. The second kappa shape index (κ2) is 9.87. The minimum atomic E-state index is -0.798. The highest BCUT2D eigenvalue weighted by molar-refractivity contribution is 5.95. The van der Waals surface area contributed by atoms with Crippen molar-refractivity contribution in [3.8, 4) is 5.69 Å². The van der Waals surface area contributed by atoms with Crippen molar-refractivity contribution in [3.63, 3.8) is 0 Å². The number of rotatable bonds is 7. The SMILES string of the molecule is Cc1ccc2c(c1)c(CCC(=O)O)c1n2C[C@@](NC(=O)c2ccc(-n3cnnc3)cc2)(c2ccccc2)CC1. The third-order valence-electron chi connectivity index (χ3n) is 7.77. The number of carbonyl (C=O) groups is 2. The van der Waals surface area contributed by atoms with E-state index in [1.54, 1.807) is 17.2 Å². The Kier molecular flexibility index (Phi) is 6.23. The summed E-state index contributed by atoms with van der Waals surface area (Å²) in [5.41, 5.74) is 6.35. The highest BCUT2D eigenvalue weighted by atomic mass is 16.4. The highest BCUT2D eigenvalue weighted by Crippen LogP contribution is 2.40. The van der Waals surface area contributed by atoms with E-state index >= 15 is 0 Å². The smallest absolute Gasteiger partial charge is 0.303 e. The normalized spacial score (nSPS) is 16.6. The molecule has 2 aromatic heterocycles. The van der Waals surface area contributed by atoms with Crippen LogP contribution in [0.1, 0.15) is 45.6 Å². The Morgan fingerprint density at radius 2 is 1.74 bits per heavy atom. The van der Waals surface area contributed by atoms with Gasteiger partial charge in [0, 0.05) is 34.3 Å². The van der Waals surface area contributed by atoms with Crippen LogP contribution in [0.4, 0.5) is 0 Å². The zero-order chi connectivity index (χ0) is 27.0. The van der Waals surface area contributed by atoms with Crippen molar-refractivity contribution in [2.75, 3.05) is 0 Å². The molecule has 8 nitrogen and oxygen atoms in total. The van der Waals surface area contributed by atoms with Gasteiger partial charge in [0.1, 0.15) is 12.7 Å². The number of aliphatic carboxylic acids is 1. The maximum Gasteiger partial charge on any atom is 0.303 e. The van der Waals surface area contributed by atoms with Crippen LogP contribution in [-0.2, 0) is 29.7 Å². The molecule has 0 saturated carbocycles. The van der Waals surface area contributed by atoms with E-state index in [-0.39, 0.29) is 12.3 Å². The van der Waals surface area contributed by atoms with E-state index in [1.165, 1.54) is 0 Å². The number of aromatic nitrogens is 4. The molecule has 0 saturated heterocycles. The summed E-state index contributed by atoms with van der Waals surface area (Å²) in [5.74, 6) is -0.941. The van der Waals surface area contributed by atoms with Crippen LogP contribution in [0.25, 0.3) is 16.6 Å². The number of hydrogen-bond donors (Lipinski definition) is 2. The maximum absolute atomic E-state index is 13.7. The van der Waals surface area contributed by atoms with E-state index < -0.39 is 11.5 Å². The third-order valence-corrected chi connectivity index (χ3v) is 7.77. The molecule has 1 aliphatic rings. The molecule has 0 aliphatic carbocycles. The Hall–Kier alpha value is -4.72. The third kappa shape index (κ3) is 4.58. The molecular weight excluding hydrogens is 490 g/mol. The minimum absolute atomic E-state index is 0.0890. The van der Waals surface area contributed by atoms with Crippen LogP contribution in [-0.4, -0.2) is 36.3 Å². The number of carboxylic acid groups (broad SMARTS) is 1. The van der Waals surface area contributed by atoms with Gasteiger partial charge in [-0.1, -0.05) is 42.0 Å². The van der Waals surface area contributed by atoms with Crippen LogP contribution < -0.4 is 5.32 Å². The Morgan fingerprint density at radius 1 is 1.00 bits per heavy atom. The molecule has 6 rings (SSSR count). The van der Waals surface area contributed by atoms with Crippen molar-refractivity contribution >= 4 is 22.8 Å². The van der Waals surface area contributed by atoms with Crippen molar-refractivity contribution in [2.45, 2.75) is 44.7 Å². The summed E-state index contributed by atoms with van der Waals surface area (Å²) in [6.45, 7) is 2.61. The Morgan fingerprint density at radius 3 is 2.46 bits per heavy atom. The van der Waals surface area contributed by atoms with E-state index in [9.17, 15) is 14.7 Å². The lowest BCUT2D eigenvalue weighted by molar-refractivity contribution is -0.136. The van der Waals surface area contributed by atoms with Crippen LogP contribution in [0.2, 0.25) is 0 Å². The van der Waals surface area contributed by atoms with Crippen molar-refractivity contribution < 1.29 is 14.7 Å². The van der Waals surface area contributed by atoms with Crippen molar-refractivity contribution in [2.24, 2.45) is 0 Å². The fourth-order valence-corrected chi connectivity index (χ4v) is 5.82. The minimum Gasteiger partial charge on any atom is -0.481 e.